The van der Waals surface area contributed by atoms with Gasteiger partial charge in [0.1, 0.15) is 0 Å². The molecule has 0 bridgehead atoms. The molecule has 0 aliphatic carbocycles. The van der Waals surface area contributed by atoms with Gasteiger partial charge in [-0.2, -0.15) is 0 Å². The molecule has 4 rings (SSSR count). The van der Waals surface area contributed by atoms with Crippen molar-refractivity contribution in [3.8, 4) is 0 Å². The maximum absolute atomic E-state index is 11.2. The number of nitrogens with zero attached hydrogens (tertiary/aromatic N) is 1. The minimum atomic E-state index is -0.364. The van der Waals surface area contributed by atoms with Crippen LogP contribution in [0.1, 0.15) is 48.9 Å². The van der Waals surface area contributed by atoms with Crippen molar-refractivity contribution in [2.45, 2.75) is 37.8 Å². The highest BCUT2D eigenvalue weighted by Crippen LogP contribution is 2.35. The van der Waals surface area contributed by atoms with Crippen LogP contribution >= 0.6 is 23.2 Å². The van der Waals surface area contributed by atoms with Crippen LogP contribution in [0.3, 0.4) is 0 Å². The fourth-order valence-electron chi connectivity index (χ4n) is 3.81. The Bertz CT molecular complexity index is 778. The third-order valence-corrected chi connectivity index (χ3v) is 5.83. The molecule has 2 aromatic carbocycles. The summed E-state index contributed by atoms with van der Waals surface area (Å²) in [5, 5.41) is 5.02. The van der Waals surface area contributed by atoms with E-state index in [1.54, 1.807) is 4.90 Å². The molecule has 2 aliphatic heterocycles. The van der Waals surface area contributed by atoms with Crippen LogP contribution in [0.2, 0.25) is 10.0 Å². The summed E-state index contributed by atoms with van der Waals surface area (Å²) >= 11 is 12.2. The number of carbonyl (C=O) groups is 1. The average Bonchev–Trinajstić information content (AvgIpc) is 3.35. The molecule has 0 saturated carbocycles. The first-order valence-electron chi connectivity index (χ1n) is 9.36. The molecule has 2 fully saturated rings. The van der Waals surface area contributed by atoms with Gasteiger partial charge >= 0.3 is 6.03 Å². The lowest BCUT2D eigenvalue weighted by Crippen LogP contribution is -2.35. The Morgan fingerprint density at radius 1 is 0.963 bits per heavy atom. The van der Waals surface area contributed by atoms with E-state index in [0.29, 0.717) is 11.1 Å². The molecule has 3 N–H and O–H groups in total. The smallest absolute Gasteiger partial charge is 0.315 e. The minimum absolute atomic E-state index is 0.0520. The zero-order chi connectivity index (χ0) is 19.2. The van der Waals surface area contributed by atoms with Crippen molar-refractivity contribution >= 4 is 29.2 Å². The van der Waals surface area contributed by atoms with Crippen molar-refractivity contribution in [3.63, 3.8) is 0 Å². The van der Waals surface area contributed by atoms with Crippen LogP contribution in [0, 0.1) is 0 Å². The number of nitrogens with two attached hydrogens (primary N) is 1. The molecule has 27 heavy (non-hydrogen) atoms. The number of likely N-dealkylation sites (tertiary alicyclic amines) is 1. The van der Waals surface area contributed by atoms with E-state index >= 15 is 0 Å². The summed E-state index contributed by atoms with van der Waals surface area (Å²) in [5.41, 5.74) is 7.56. The van der Waals surface area contributed by atoms with Gasteiger partial charge in [0.25, 0.3) is 0 Å². The number of primary amides is 1. The fraction of sp³-hybridized carbons (Fsp3) is 0.381. The largest absolute Gasteiger partial charge is 0.351 e. The highest BCUT2D eigenvalue weighted by Gasteiger charge is 2.29. The van der Waals surface area contributed by atoms with Gasteiger partial charge in [-0.3, -0.25) is 0 Å². The number of hydrogen-bond acceptors (Lipinski definition) is 2. The second-order valence-corrected chi connectivity index (χ2v) is 7.70. The SMILES string of the molecule is Clc1ccccc1C1CCCN1.NC(=O)N1CCCC1c1ccccc1Cl. The van der Waals surface area contributed by atoms with Crippen molar-refractivity contribution in [3.05, 3.63) is 69.7 Å². The Balaban J connectivity index is 0.000000159. The fourth-order valence-corrected chi connectivity index (χ4v) is 4.34. The molecule has 4 nitrogen and oxygen atoms in total. The Morgan fingerprint density at radius 3 is 2.15 bits per heavy atom. The monoisotopic (exact) mass is 405 g/mol. The number of carbonyl (C=O) groups excluding carboxylic acids is 1. The summed E-state index contributed by atoms with van der Waals surface area (Å²) < 4.78 is 0. The number of nitrogens with one attached hydrogen (secondary N) is 1. The molecule has 144 valence electrons. The summed E-state index contributed by atoms with van der Waals surface area (Å²) in [7, 11) is 0. The van der Waals surface area contributed by atoms with Gasteiger partial charge in [0.15, 0.2) is 0 Å². The highest BCUT2D eigenvalue weighted by molar-refractivity contribution is 6.31. The van der Waals surface area contributed by atoms with Crippen LogP contribution < -0.4 is 11.1 Å². The Kier molecular flexibility index (Phi) is 7.00. The summed E-state index contributed by atoms with van der Waals surface area (Å²) in [5.74, 6) is 0. The van der Waals surface area contributed by atoms with Crippen LogP contribution in [0.25, 0.3) is 0 Å². The molecule has 0 spiro atoms. The Labute approximate surface area is 170 Å². The number of rotatable bonds is 2. The summed E-state index contributed by atoms with van der Waals surface area (Å²) in [6.07, 6.45) is 4.39. The van der Waals surface area contributed by atoms with Crippen LogP contribution in [0.4, 0.5) is 4.79 Å². The van der Waals surface area contributed by atoms with Crippen LogP contribution in [0.5, 0.6) is 0 Å². The molecule has 2 saturated heterocycles. The van der Waals surface area contributed by atoms with Crippen molar-refractivity contribution in [1.82, 2.24) is 10.2 Å². The van der Waals surface area contributed by atoms with E-state index in [4.69, 9.17) is 28.9 Å². The number of benzene rings is 2. The molecule has 2 aromatic rings. The van der Waals surface area contributed by atoms with Crippen LogP contribution in [-0.2, 0) is 0 Å². The van der Waals surface area contributed by atoms with Crippen molar-refractivity contribution in [2.75, 3.05) is 13.1 Å². The predicted molar refractivity (Wildman–Crippen MR) is 111 cm³/mol. The second-order valence-electron chi connectivity index (χ2n) is 6.88. The second kappa shape index (κ2) is 9.45. The maximum atomic E-state index is 11.2. The molecule has 2 heterocycles. The predicted octanol–water partition coefficient (Wildman–Crippen LogP) is 5.32. The number of hydrogen-bond donors (Lipinski definition) is 2. The van der Waals surface area contributed by atoms with Crippen molar-refractivity contribution < 1.29 is 4.79 Å². The Hall–Kier alpha value is -1.75. The first-order valence-corrected chi connectivity index (χ1v) is 10.1. The number of halogens is 2. The van der Waals surface area contributed by atoms with Crippen molar-refractivity contribution in [2.24, 2.45) is 5.73 Å². The van der Waals surface area contributed by atoms with E-state index < -0.39 is 0 Å². The third kappa shape index (κ3) is 4.95. The van der Waals surface area contributed by atoms with Crippen molar-refractivity contribution in [1.29, 1.82) is 0 Å². The first kappa shape index (κ1) is 20.0. The first-order chi connectivity index (χ1) is 13.1. The molecule has 2 atom stereocenters. The molecule has 2 unspecified atom stereocenters. The molecule has 2 aliphatic rings. The zero-order valence-electron chi connectivity index (χ0n) is 15.2. The van der Waals surface area contributed by atoms with E-state index in [9.17, 15) is 4.79 Å². The zero-order valence-corrected chi connectivity index (χ0v) is 16.7. The van der Waals surface area contributed by atoms with Gasteiger partial charge < -0.3 is 16.0 Å². The molecule has 2 amide bonds. The van der Waals surface area contributed by atoms with E-state index in [0.717, 1.165) is 36.5 Å². The molecule has 0 aromatic heterocycles. The van der Waals surface area contributed by atoms with Gasteiger partial charge in [-0.15, -0.1) is 0 Å². The lowest BCUT2D eigenvalue weighted by Gasteiger charge is -2.23. The van der Waals surface area contributed by atoms with Gasteiger partial charge in [0, 0.05) is 22.6 Å². The van der Waals surface area contributed by atoms with Gasteiger partial charge in [-0.25, -0.2) is 4.79 Å². The van der Waals surface area contributed by atoms with Gasteiger partial charge in [0.2, 0.25) is 0 Å². The topological polar surface area (TPSA) is 58.4 Å². The van der Waals surface area contributed by atoms with Crippen LogP contribution in [0.15, 0.2) is 48.5 Å². The van der Waals surface area contributed by atoms with E-state index in [2.05, 4.69) is 11.4 Å². The number of amides is 2. The lowest BCUT2D eigenvalue weighted by atomic mass is 10.0. The van der Waals surface area contributed by atoms with E-state index in [1.165, 1.54) is 18.4 Å². The van der Waals surface area contributed by atoms with Gasteiger partial charge in [-0.05, 0) is 55.5 Å². The quantitative estimate of drug-likeness (QED) is 0.709. The molecule has 6 heteroatoms. The van der Waals surface area contributed by atoms with Crippen LogP contribution in [-0.4, -0.2) is 24.0 Å². The van der Waals surface area contributed by atoms with Gasteiger partial charge in [-0.1, -0.05) is 59.6 Å². The average molecular weight is 406 g/mol. The summed E-state index contributed by atoms with van der Waals surface area (Å²) in [4.78, 5) is 12.9. The highest BCUT2D eigenvalue weighted by atomic mass is 35.5. The standard InChI is InChI=1S/C11H13ClN2O.C10H12ClN/c12-9-5-2-1-4-8(9)10-6-3-7-14(10)11(13)15;11-9-5-2-1-4-8(9)10-6-3-7-12-10/h1-2,4-5,10H,3,6-7H2,(H2,13,15);1-2,4-5,10,12H,3,6-7H2. The minimum Gasteiger partial charge on any atom is -0.351 e. The number of urea groups is 1. The van der Waals surface area contributed by atoms with E-state index in [-0.39, 0.29) is 12.1 Å². The molecule has 0 radical (unpaired) electrons. The third-order valence-electron chi connectivity index (χ3n) is 5.14. The Morgan fingerprint density at radius 2 is 1.59 bits per heavy atom. The normalized spacial score (nSPS) is 21.6. The van der Waals surface area contributed by atoms with E-state index in [1.807, 2.05) is 42.5 Å². The lowest BCUT2D eigenvalue weighted by molar-refractivity contribution is 0.203. The summed E-state index contributed by atoms with van der Waals surface area (Å²) in [6.45, 7) is 1.85. The summed E-state index contributed by atoms with van der Waals surface area (Å²) in [6, 6.07) is 15.9. The maximum Gasteiger partial charge on any atom is 0.315 e. The molecular formula is C21H25Cl2N3O. The molecular weight excluding hydrogens is 381 g/mol. The van der Waals surface area contributed by atoms with Gasteiger partial charge in [0.05, 0.1) is 6.04 Å².